The summed E-state index contributed by atoms with van der Waals surface area (Å²) in [6, 6.07) is 7.31. The largest absolute Gasteiger partial charge is 0.497 e. The summed E-state index contributed by atoms with van der Waals surface area (Å²) in [4.78, 5) is 11.6. The Labute approximate surface area is 101 Å². The van der Waals surface area contributed by atoms with Crippen LogP contribution in [0.2, 0.25) is 0 Å². The second-order valence-electron chi connectivity index (χ2n) is 4.21. The van der Waals surface area contributed by atoms with E-state index in [-0.39, 0.29) is 12.0 Å². The first-order valence-corrected chi connectivity index (χ1v) is 5.73. The lowest BCUT2D eigenvalue weighted by Gasteiger charge is -2.17. The number of hydrogen-bond donors (Lipinski definition) is 1. The van der Waals surface area contributed by atoms with E-state index in [0.29, 0.717) is 5.92 Å². The number of ether oxygens (including phenoxy) is 2. The summed E-state index contributed by atoms with van der Waals surface area (Å²) in [5.74, 6) is 0.971. The van der Waals surface area contributed by atoms with E-state index in [0.717, 1.165) is 24.3 Å². The SMILES string of the molecule is COC(=O)C(Nc1cccc(OC)c1)C1CC1. The lowest BCUT2D eigenvalue weighted by atomic mass is 10.1. The van der Waals surface area contributed by atoms with Gasteiger partial charge in [0.2, 0.25) is 0 Å². The number of esters is 1. The number of hydrogen-bond acceptors (Lipinski definition) is 4. The highest BCUT2D eigenvalue weighted by molar-refractivity contribution is 5.80. The Morgan fingerprint density at radius 3 is 2.76 bits per heavy atom. The molecule has 0 spiro atoms. The summed E-state index contributed by atoms with van der Waals surface area (Å²) >= 11 is 0. The molecule has 1 N–H and O–H groups in total. The van der Waals surface area contributed by atoms with Crippen LogP contribution >= 0.6 is 0 Å². The van der Waals surface area contributed by atoms with Gasteiger partial charge in [-0.2, -0.15) is 0 Å². The Bertz CT molecular complexity index is 401. The third-order valence-electron chi connectivity index (χ3n) is 2.94. The predicted molar refractivity (Wildman–Crippen MR) is 65.1 cm³/mol. The third-order valence-corrected chi connectivity index (χ3v) is 2.94. The monoisotopic (exact) mass is 235 g/mol. The molecule has 1 aliphatic rings. The second-order valence-corrected chi connectivity index (χ2v) is 4.21. The molecular weight excluding hydrogens is 218 g/mol. The number of methoxy groups -OCH3 is 2. The molecule has 0 aliphatic heterocycles. The van der Waals surface area contributed by atoms with Crippen LogP contribution in [0.15, 0.2) is 24.3 Å². The lowest BCUT2D eigenvalue weighted by molar-refractivity contribution is -0.142. The van der Waals surface area contributed by atoms with E-state index in [2.05, 4.69) is 5.32 Å². The molecule has 4 heteroatoms. The van der Waals surface area contributed by atoms with Crippen LogP contribution in [0.3, 0.4) is 0 Å². The van der Waals surface area contributed by atoms with Gasteiger partial charge in [-0.1, -0.05) is 6.07 Å². The topological polar surface area (TPSA) is 47.6 Å². The Morgan fingerprint density at radius 1 is 1.41 bits per heavy atom. The van der Waals surface area contributed by atoms with E-state index < -0.39 is 0 Å². The van der Waals surface area contributed by atoms with Gasteiger partial charge in [0.25, 0.3) is 0 Å². The Morgan fingerprint density at radius 2 is 2.18 bits per heavy atom. The molecule has 0 radical (unpaired) electrons. The zero-order valence-electron chi connectivity index (χ0n) is 10.1. The lowest BCUT2D eigenvalue weighted by Crippen LogP contribution is -2.32. The number of anilines is 1. The summed E-state index contributed by atoms with van der Waals surface area (Å²) in [5.41, 5.74) is 0.881. The van der Waals surface area contributed by atoms with Gasteiger partial charge >= 0.3 is 5.97 Å². The summed E-state index contributed by atoms with van der Waals surface area (Å²) in [6.45, 7) is 0. The van der Waals surface area contributed by atoms with Gasteiger partial charge in [-0.3, -0.25) is 0 Å². The fourth-order valence-electron chi connectivity index (χ4n) is 1.82. The number of nitrogens with one attached hydrogen (secondary N) is 1. The van der Waals surface area contributed by atoms with Crippen LogP contribution in [0.1, 0.15) is 12.8 Å². The van der Waals surface area contributed by atoms with E-state index in [1.165, 1.54) is 7.11 Å². The fourth-order valence-corrected chi connectivity index (χ4v) is 1.82. The van der Waals surface area contributed by atoms with Crippen molar-refractivity contribution < 1.29 is 14.3 Å². The van der Waals surface area contributed by atoms with Crippen LogP contribution in [0.5, 0.6) is 5.75 Å². The average molecular weight is 235 g/mol. The van der Waals surface area contributed by atoms with Crippen LogP contribution in [0.25, 0.3) is 0 Å². The van der Waals surface area contributed by atoms with Gasteiger partial charge < -0.3 is 14.8 Å². The van der Waals surface area contributed by atoms with Crippen molar-refractivity contribution in [3.63, 3.8) is 0 Å². The molecule has 1 aliphatic carbocycles. The van der Waals surface area contributed by atoms with E-state index in [9.17, 15) is 4.79 Å². The quantitative estimate of drug-likeness (QED) is 0.793. The molecule has 0 bridgehead atoms. The summed E-state index contributed by atoms with van der Waals surface area (Å²) in [6.07, 6.45) is 2.16. The molecule has 2 rings (SSSR count). The zero-order chi connectivity index (χ0) is 12.3. The van der Waals surface area contributed by atoms with Gasteiger partial charge in [0, 0.05) is 11.8 Å². The minimum absolute atomic E-state index is 0.199. The second kappa shape index (κ2) is 5.08. The minimum Gasteiger partial charge on any atom is -0.497 e. The Balaban J connectivity index is 2.08. The van der Waals surface area contributed by atoms with Crippen LogP contribution in [-0.2, 0) is 9.53 Å². The molecule has 1 aromatic rings. The normalized spacial score (nSPS) is 16.1. The zero-order valence-corrected chi connectivity index (χ0v) is 10.1. The summed E-state index contributed by atoms with van der Waals surface area (Å²) in [7, 11) is 3.04. The summed E-state index contributed by atoms with van der Waals surface area (Å²) in [5, 5.41) is 3.21. The van der Waals surface area contributed by atoms with Crippen molar-refractivity contribution in [2.24, 2.45) is 5.92 Å². The molecule has 1 unspecified atom stereocenters. The van der Waals surface area contributed by atoms with Crippen molar-refractivity contribution in [1.82, 2.24) is 0 Å². The molecule has 1 saturated carbocycles. The van der Waals surface area contributed by atoms with Gasteiger partial charge in [0.05, 0.1) is 14.2 Å². The molecule has 0 amide bonds. The maximum Gasteiger partial charge on any atom is 0.328 e. The van der Waals surface area contributed by atoms with Crippen molar-refractivity contribution in [1.29, 1.82) is 0 Å². The highest BCUT2D eigenvalue weighted by Crippen LogP contribution is 2.35. The number of carbonyl (C=O) groups excluding carboxylic acids is 1. The maximum absolute atomic E-state index is 11.6. The molecule has 1 atom stereocenters. The van der Waals surface area contributed by atoms with Crippen LogP contribution in [-0.4, -0.2) is 26.2 Å². The van der Waals surface area contributed by atoms with Gasteiger partial charge in [0.1, 0.15) is 11.8 Å². The van der Waals surface area contributed by atoms with Crippen molar-refractivity contribution in [2.75, 3.05) is 19.5 Å². The molecule has 0 saturated heterocycles. The van der Waals surface area contributed by atoms with Crippen molar-refractivity contribution in [2.45, 2.75) is 18.9 Å². The summed E-state index contributed by atoms with van der Waals surface area (Å²) < 4.78 is 9.95. The van der Waals surface area contributed by atoms with Crippen molar-refractivity contribution in [3.8, 4) is 5.75 Å². The smallest absolute Gasteiger partial charge is 0.328 e. The third kappa shape index (κ3) is 2.90. The van der Waals surface area contributed by atoms with E-state index in [1.807, 2.05) is 24.3 Å². The Hall–Kier alpha value is -1.71. The van der Waals surface area contributed by atoms with Crippen molar-refractivity contribution in [3.05, 3.63) is 24.3 Å². The van der Waals surface area contributed by atoms with E-state index in [4.69, 9.17) is 9.47 Å². The molecular formula is C13H17NO3. The number of rotatable bonds is 5. The van der Waals surface area contributed by atoms with Crippen LogP contribution < -0.4 is 10.1 Å². The number of benzene rings is 1. The molecule has 1 fully saturated rings. The fraction of sp³-hybridized carbons (Fsp3) is 0.462. The van der Waals surface area contributed by atoms with Gasteiger partial charge in [-0.25, -0.2) is 4.79 Å². The molecule has 4 nitrogen and oxygen atoms in total. The van der Waals surface area contributed by atoms with Crippen LogP contribution in [0.4, 0.5) is 5.69 Å². The Kier molecular flexibility index (Phi) is 3.52. The average Bonchev–Trinajstić information content (AvgIpc) is 3.19. The molecule has 17 heavy (non-hydrogen) atoms. The first-order valence-electron chi connectivity index (χ1n) is 5.73. The maximum atomic E-state index is 11.6. The standard InChI is InChI=1S/C13H17NO3/c1-16-11-5-3-4-10(8-11)14-12(9-6-7-9)13(15)17-2/h3-5,8-9,12,14H,6-7H2,1-2H3. The van der Waals surface area contributed by atoms with E-state index in [1.54, 1.807) is 7.11 Å². The first-order chi connectivity index (χ1) is 8.24. The minimum atomic E-state index is -0.243. The highest BCUT2D eigenvalue weighted by atomic mass is 16.5. The molecule has 92 valence electrons. The first kappa shape index (κ1) is 11.8. The van der Waals surface area contributed by atoms with Gasteiger partial charge in [-0.15, -0.1) is 0 Å². The molecule has 1 aromatic carbocycles. The molecule has 0 heterocycles. The predicted octanol–water partition coefficient (Wildman–Crippen LogP) is 2.06. The highest BCUT2D eigenvalue weighted by Gasteiger charge is 2.36. The van der Waals surface area contributed by atoms with E-state index >= 15 is 0 Å². The number of carbonyl (C=O) groups is 1. The van der Waals surface area contributed by atoms with Crippen LogP contribution in [0, 0.1) is 5.92 Å². The van der Waals surface area contributed by atoms with Crippen molar-refractivity contribution >= 4 is 11.7 Å². The molecule has 0 aromatic heterocycles. The van der Waals surface area contributed by atoms with Gasteiger partial charge in [-0.05, 0) is 30.9 Å². The van der Waals surface area contributed by atoms with Gasteiger partial charge in [0.15, 0.2) is 0 Å².